The number of imide groups is 1. The topological polar surface area (TPSA) is 86.8 Å². The lowest BCUT2D eigenvalue weighted by Gasteiger charge is -2.18. The number of hydrogen-bond donors (Lipinski definition) is 1. The first-order valence-electron chi connectivity index (χ1n) is 10.4. The molecule has 162 valence electrons. The lowest BCUT2D eigenvalue weighted by atomic mass is 10.0. The van der Waals surface area contributed by atoms with Crippen LogP contribution in [0, 0.1) is 13.8 Å². The van der Waals surface area contributed by atoms with E-state index in [0.717, 1.165) is 24.0 Å². The van der Waals surface area contributed by atoms with Crippen LogP contribution in [0.2, 0.25) is 0 Å². The van der Waals surface area contributed by atoms with E-state index in [0.29, 0.717) is 17.8 Å². The number of unbranched alkanes of at least 4 members (excludes halogenated alkanes) is 1. The van der Waals surface area contributed by atoms with Gasteiger partial charge in [0.25, 0.3) is 17.7 Å². The second-order valence-corrected chi connectivity index (χ2v) is 7.90. The SMILES string of the molecule is CCCCN1C(=O)c2ccc(C(=O)N(C)CC(=O)Nc3cc(C)ccc3C)cc2C1=O. The predicted molar refractivity (Wildman–Crippen MR) is 118 cm³/mol. The van der Waals surface area contributed by atoms with Gasteiger partial charge in [-0.1, -0.05) is 25.5 Å². The summed E-state index contributed by atoms with van der Waals surface area (Å²) in [6, 6.07) is 10.2. The van der Waals surface area contributed by atoms with Crippen LogP contribution in [0.15, 0.2) is 36.4 Å². The zero-order valence-electron chi connectivity index (χ0n) is 18.3. The van der Waals surface area contributed by atoms with Crippen molar-refractivity contribution < 1.29 is 19.2 Å². The molecule has 1 aliphatic rings. The van der Waals surface area contributed by atoms with Crippen LogP contribution in [-0.4, -0.2) is 53.6 Å². The first-order valence-corrected chi connectivity index (χ1v) is 10.4. The number of carbonyl (C=O) groups excluding carboxylic acids is 4. The van der Waals surface area contributed by atoms with Gasteiger partial charge in [-0.05, 0) is 55.7 Å². The second-order valence-electron chi connectivity index (χ2n) is 7.90. The number of likely N-dealkylation sites (N-methyl/N-ethyl adjacent to an activating group) is 1. The quantitative estimate of drug-likeness (QED) is 0.694. The first kappa shape index (κ1) is 22.2. The minimum absolute atomic E-state index is 0.140. The maximum atomic E-state index is 12.8. The van der Waals surface area contributed by atoms with Gasteiger partial charge in [0.2, 0.25) is 5.91 Å². The van der Waals surface area contributed by atoms with Crippen molar-refractivity contribution in [3.05, 3.63) is 64.2 Å². The molecule has 0 radical (unpaired) electrons. The molecule has 0 saturated heterocycles. The van der Waals surface area contributed by atoms with Crippen LogP contribution >= 0.6 is 0 Å². The van der Waals surface area contributed by atoms with E-state index in [4.69, 9.17) is 0 Å². The smallest absolute Gasteiger partial charge is 0.261 e. The molecule has 31 heavy (non-hydrogen) atoms. The van der Waals surface area contributed by atoms with Crippen molar-refractivity contribution in [3.8, 4) is 0 Å². The van der Waals surface area contributed by atoms with Crippen LogP contribution < -0.4 is 5.32 Å². The van der Waals surface area contributed by atoms with Gasteiger partial charge >= 0.3 is 0 Å². The van der Waals surface area contributed by atoms with Crippen LogP contribution in [0.3, 0.4) is 0 Å². The van der Waals surface area contributed by atoms with Gasteiger partial charge in [0, 0.05) is 24.8 Å². The van der Waals surface area contributed by atoms with Crippen LogP contribution in [0.1, 0.15) is 62.0 Å². The molecule has 0 bridgehead atoms. The summed E-state index contributed by atoms with van der Waals surface area (Å²) < 4.78 is 0. The average molecular weight is 421 g/mol. The van der Waals surface area contributed by atoms with Gasteiger partial charge in [-0.3, -0.25) is 24.1 Å². The van der Waals surface area contributed by atoms with Gasteiger partial charge in [-0.2, -0.15) is 0 Å². The number of fused-ring (bicyclic) bond motifs is 1. The second kappa shape index (κ2) is 9.12. The van der Waals surface area contributed by atoms with E-state index in [2.05, 4.69) is 5.32 Å². The fourth-order valence-electron chi connectivity index (χ4n) is 3.51. The van der Waals surface area contributed by atoms with E-state index < -0.39 is 5.91 Å². The van der Waals surface area contributed by atoms with E-state index in [9.17, 15) is 19.2 Å². The Morgan fingerprint density at radius 3 is 2.42 bits per heavy atom. The Morgan fingerprint density at radius 2 is 1.71 bits per heavy atom. The third-order valence-electron chi connectivity index (χ3n) is 5.35. The van der Waals surface area contributed by atoms with E-state index in [1.165, 1.54) is 35.0 Å². The van der Waals surface area contributed by atoms with Crippen molar-refractivity contribution in [2.24, 2.45) is 0 Å². The number of nitrogens with zero attached hydrogens (tertiary/aromatic N) is 2. The normalized spacial score (nSPS) is 12.7. The summed E-state index contributed by atoms with van der Waals surface area (Å²) in [6.45, 7) is 6.05. The molecule has 7 nitrogen and oxygen atoms in total. The fourth-order valence-corrected chi connectivity index (χ4v) is 3.51. The average Bonchev–Trinajstić information content (AvgIpc) is 2.98. The Hall–Kier alpha value is -3.48. The van der Waals surface area contributed by atoms with Crippen molar-refractivity contribution in [1.82, 2.24) is 9.80 Å². The van der Waals surface area contributed by atoms with Crippen molar-refractivity contribution in [1.29, 1.82) is 0 Å². The number of rotatable bonds is 7. The number of amides is 4. The molecular weight excluding hydrogens is 394 g/mol. The molecule has 0 fully saturated rings. The minimum Gasteiger partial charge on any atom is -0.332 e. The molecule has 0 unspecified atom stereocenters. The van der Waals surface area contributed by atoms with E-state index in [1.54, 1.807) is 0 Å². The molecule has 0 atom stereocenters. The molecule has 7 heteroatoms. The molecule has 2 aromatic carbocycles. The molecule has 1 heterocycles. The first-order chi connectivity index (χ1) is 14.7. The zero-order valence-corrected chi connectivity index (χ0v) is 18.3. The molecule has 1 N–H and O–H groups in total. The van der Waals surface area contributed by atoms with Gasteiger partial charge < -0.3 is 10.2 Å². The van der Waals surface area contributed by atoms with Crippen molar-refractivity contribution in [2.75, 3.05) is 25.5 Å². The largest absolute Gasteiger partial charge is 0.332 e. The van der Waals surface area contributed by atoms with Crippen LogP contribution in [-0.2, 0) is 4.79 Å². The molecule has 0 saturated carbocycles. The van der Waals surface area contributed by atoms with Crippen molar-refractivity contribution in [3.63, 3.8) is 0 Å². The fraction of sp³-hybridized carbons (Fsp3) is 0.333. The molecule has 1 aliphatic heterocycles. The molecular formula is C24H27N3O4. The van der Waals surface area contributed by atoms with E-state index in [-0.39, 0.29) is 35.4 Å². The van der Waals surface area contributed by atoms with Crippen LogP contribution in [0.25, 0.3) is 0 Å². The molecule has 0 aromatic heterocycles. The van der Waals surface area contributed by atoms with E-state index >= 15 is 0 Å². The molecule has 0 aliphatic carbocycles. The number of nitrogens with one attached hydrogen (secondary N) is 1. The summed E-state index contributed by atoms with van der Waals surface area (Å²) in [4.78, 5) is 52.9. The lowest BCUT2D eigenvalue weighted by molar-refractivity contribution is -0.116. The number of aryl methyl sites for hydroxylation is 2. The lowest BCUT2D eigenvalue weighted by Crippen LogP contribution is -2.35. The highest BCUT2D eigenvalue weighted by Crippen LogP contribution is 2.25. The summed E-state index contributed by atoms with van der Waals surface area (Å²) in [5, 5.41) is 2.83. The molecule has 3 rings (SSSR count). The van der Waals surface area contributed by atoms with Crippen LogP contribution in [0.5, 0.6) is 0 Å². The third kappa shape index (κ3) is 4.66. The van der Waals surface area contributed by atoms with Gasteiger partial charge in [0.1, 0.15) is 0 Å². The van der Waals surface area contributed by atoms with Crippen LogP contribution in [0.4, 0.5) is 5.69 Å². The minimum atomic E-state index is -0.397. The van der Waals surface area contributed by atoms with Gasteiger partial charge in [0.05, 0.1) is 17.7 Å². The Kier molecular flexibility index (Phi) is 6.53. The Morgan fingerprint density at radius 1 is 1.00 bits per heavy atom. The number of benzene rings is 2. The molecule has 2 aromatic rings. The highest BCUT2D eigenvalue weighted by molar-refractivity contribution is 6.22. The summed E-state index contributed by atoms with van der Waals surface area (Å²) in [5.74, 6) is -1.42. The maximum Gasteiger partial charge on any atom is 0.261 e. The van der Waals surface area contributed by atoms with Gasteiger partial charge in [0.15, 0.2) is 0 Å². The Labute approximate surface area is 182 Å². The number of hydrogen-bond acceptors (Lipinski definition) is 4. The number of carbonyl (C=O) groups is 4. The number of anilines is 1. The monoisotopic (exact) mass is 421 g/mol. The standard InChI is InChI=1S/C24H27N3O4/c1-5-6-11-27-23(30)18-10-9-17(13-19(18)24(27)31)22(29)26(4)14-21(28)25-20-12-15(2)7-8-16(20)3/h7-10,12-13H,5-6,11,14H2,1-4H3,(H,25,28). The zero-order chi connectivity index (χ0) is 22.7. The summed E-state index contributed by atoms with van der Waals surface area (Å²) >= 11 is 0. The van der Waals surface area contributed by atoms with Gasteiger partial charge in [-0.25, -0.2) is 0 Å². The highest BCUT2D eigenvalue weighted by atomic mass is 16.2. The predicted octanol–water partition coefficient (Wildman–Crippen LogP) is 3.41. The highest BCUT2D eigenvalue weighted by Gasteiger charge is 2.35. The maximum absolute atomic E-state index is 12.8. The third-order valence-corrected chi connectivity index (χ3v) is 5.35. The van der Waals surface area contributed by atoms with Gasteiger partial charge in [-0.15, -0.1) is 0 Å². The van der Waals surface area contributed by atoms with E-state index in [1.807, 2.05) is 39.0 Å². The Balaban J connectivity index is 1.70. The summed E-state index contributed by atoms with van der Waals surface area (Å²) in [6.07, 6.45) is 1.60. The van der Waals surface area contributed by atoms with Crippen molar-refractivity contribution >= 4 is 29.3 Å². The molecule has 4 amide bonds. The summed E-state index contributed by atoms with van der Waals surface area (Å²) in [5.41, 5.74) is 3.48. The summed E-state index contributed by atoms with van der Waals surface area (Å²) in [7, 11) is 1.53. The van der Waals surface area contributed by atoms with Crippen molar-refractivity contribution in [2.45, 2.75) is 33.6 Å². The molecule has 0 spiro atoms. The Bertz CT molecular complexity index is 1060.